The molecule has 2 aromatic rings. The zero-order valence-corrected chi connectivity index (χ0v) is 8.40. The van der Waals surface area contributed by atoms with Crippen LogP contribution in [0.4, 0.5) is 5.69 Å². The van der Waals surface area contributed by atoms with Gasteiger partial charge in [-0.05, 0) is 19.1 Å². The molecule has 0 aliphatic carbocycles. The van der Waals surface area contributed by atoms with Crippen LogP contribution >= 0.6 is 0 Å². The number of hydrogen-bond donors (Lipinski definition) is 1. The molecule has 0 atom stereocenters. The average molecular weight is 201 g/mol. The SMILES string of the molecule is C=C(C)c1nc(-c2ccccc2N)no1. The molecule has 1 aromatic heterocycles. The molecule has 0 aliphatic heterocycles. The highest BCUT2D eigenvalue weighted by molar-refractivity contribution is 5.71. The molecule has 0 radical (unpaired) electrons. The topological polar surface area (TPSA) is 64.9 Å². The van der Waals surface area contributed by atoms with Gasteiger partial charge in [0.2, 0.25) is 5.82 Å². The Balaban J connectivity index is 2.46. The van der Waals surface area contributed by atoms with Crippen molar-refractivity contribution in [1.82, 2.24) is 10.1 Å². The fraction of sp³-hybridized carbons (Fsp3) is 0.0909. The third kappa shape index (κ3) is 1.74. The molecule has 4 heteroatoms. The maximum Gasteiger partial charge on any atom is 0.253 e. The smallest absolute Gasteiger partial charge is 0.253 e. The van der Waals surface area contributed by atoms with Crippen molar-refractivity contribution in [3.63, 3.8) is 0 Å². The number of para-hydroxylation sites is 1. The van der Waals surface area contributed by atoms with Crippen molar-refractivity contribution < 1.29 is 4.52 Å². The highest BCUT2D eigenvalue weighted by Gasteiger charge is 2.10. The summed E-state index contributed by atoms with van der Waals surface area (Å²) in [6.07, 6.45) is 0. The number of allylic oxidation sites excluding steroid dienone is 1. The average Bonchev–Trinajstić information content (AvgIpc) is 2.67. The van der Waals surface area contributed by atoms with E-state index < -0.39 is 0 Å². The highest BCUT2D eigenvalue weighted by Crippen LogP contribution is 2.23. The van der Waals surface area contributed by atoms with Gasteiger partial charge < -0.3 is 10.3 Å². The largest absolute Gasteiger partial charge is 0.398 e. The van der Waals surface area contributed by atoms with Crippen molar-refractivity contribution in [2.24, 2.45) is 0 Å². The van der Waals surface area contributed by atoms with Gasteiger partial charge in [-0.3, -0.25) is 0 Å². The minimum absolute atomic E-state index is 0.438. The zero-order chi connectivity index (χ0) is 10.8. The number of aromatic nitrogens is 2. The van der Waals surface area contributed by atoms with Crippen molar-refractivity contribution in [3.05, 3.63) is 36.7 Å². The molecule has 1 heterocycles. The van der Waals surface area contributed by atoms with Gasteiger partial charge in [-0.15, -0.1) is 0 Å². The number of nitrogens with zero attached hydrogens (tertiary/aromatic N) is 2. The van der Waals surface area contributed by atoms with Gasteiger partial charge >= 0.3 is 0 Å². The molecule has 0 aliphatic rings. The molecule has 0 bridgehead atoms. The van der Waals surface area contributed by atoms with Crippen LogP contribution in [0.2, 0.25) is 0 Å². The van der Waals surface area contributed by atoms with Crippen LogP contribution in [0.1, 0.15) is 12.8 Å². The molecule has 1 aromatic carbocycles. The van der Waals surface area contributed by atoms with E-state index in [4.69, 9.17) is 10.3 Å². The van der Waals surface area contributed by atoms with Crippen LogP contribution in [0, 0.1) is 0 Å². The van der Waals surface area contributed by atoms with Gasteiger partial charge in [0, 0.05) is 16.8 Å². The van der Waals surface area contributed by atoms with Crippen LogP contribution in [0.3, 0.4) is 0 Å². The first kappa shape index (κ1) is 9.45. The van der Waals surface area contributed by atoms with E-state index in [2.05, 4.69) is 16.7 Å². The highest BCUT2D eigenvalue weighted by atomic mass is 16.5. The normalized spacial score (nSPS) is 10.2. The monoisotopic (exact) mass is 201 g/mol. The van der Waals surface area contributed by atoms with Crippen LogP contribution < -0.4 is 5.73 Å². The number of anilines is 1. The van der Waals surface area contributed by atoms with Gasteiger partial charge in [-0.2, -0.15) is 4.98 Å². The summed E-state index contributed by atoms with van der Waals surface area (Å²) >= 11 is 0. The Bertz CT molecular complexity index is 502. The molecule has 0 amide bonds. The predicted molar refractivity (Wildman–Crippen MR) is 58.9 cm³/mol. The Morgan fingerprint density at radius 3 is 2.73 bits per heavy atom. The molecule has 0 fully saturated rings. The van der Waals surface area contributed by atoms with E-state index in [0.717, 1.165) is 11.1 Å². The Labute approximate surface area is 87.4 Å². The first-order valence-electron chi connectivity index (χ1n) is 4.53. The summed E-state index contributed by atoms with van der Waals surface area (Å²) in [5.41, 5.74) is 7.94. The first-order chi connectivity index (χ1) is 7.18. The Morgan fingerprint density at radius 1 is 1.40 bits per heavy atom. The summed E-state index contributed by atoms with van der Waals surface area (Å²) < 4.78 is 5.02. The predicted octanol–water partition coefficient (Wildman–Crippen LogP) is 2.35. The Morgan fingerprint density at radius 2 is 2.13 bits per heavy atom. The molecule has 2 rings (SSSR count). The Hall–Kier alpha value is -2.10. The summed E-state index contributed by atoms with van der Waals surface area (Å²) in [5, 5.41) is 3.84. The van der Waals surface area contributed by atoms with Crippen molar-refractivity contribution in [2.45, 2.75) is 6.92 Å². The molecular formula is C11H11N3O. The molecule has 15 heavy (non-hydrogen) atoms. The molecule has 0 unspecified atom stereocenters. The maximum absolute atomic E-state index is 5.79. The fourth-order valence-corrected chi connectivity index (χ4v) is 1.21. The minimum Gasteiger partial charge on any atom is -0.398 e. The van der Waals surface area contributed by atoms with Crippen LogP contribution in [0.15, 0.2) is 35.4 Å². The van der Waals surface area contributed by atoms with E-state index in [1.807, 2.05) is 25.1 Å². The third-order valence-electron chi connectivity index (χ3n) is 1.99. The lowest BCUT2D eigenvalue weighted by Gasteiger charge is -1.97. The quantitative estimate of drug-likeness (QED) is 0.757. The van der Waals surface area contributed by atoms with Gasteiger partial charge in [0.15, 0.2) is 0 Å². The van der Waals surface area contributed by atoms with Crippen molar-refractivity contribution in [3.8, 4) is 11.4 Å². The van der Waals surface area contributed by atoms with Crippen LogP contribution in [0.5, 0.6) is 0 Å². The van der Waals surface area contributed by atoms with Crippen molar-refractivity contribution in [2.75, 3.05) is 5.73 Å². The number of nitrogens with two attached hydrogens (primary N) is 1. The van der Waals surface area contributed by atoms with Gasteiger partial charge in [0.05, 0.1) is 0 Å². The van der Waals surface area contributed by atoms with Gasteiger partial charge in [-0.25, -0.2) is 0 Å². The maximum atomic E-state index is 5.79. The lowest BCUT2D eigenvalue weighted by Crippen LogP contribution is -1.90. The molecule has 76 valence electrons. The summed E-state index contributed by atoms with van der Waals surface area (Å²) in [6, 6.07) is 7.38. The standard InChI is InChI=1S/C11H11N3O/c1-7(2)11-13-10(14-15-11)8-5-3-4-6-9(8)12/h3-6H,1,12H2,2H3. The zero-order valence-electron chi connectivity index (χ0n) is 8.40. The molecule has 2 N–H and O–H groups in total. The van der Waals surface area contributed by atoms with Crippen LogP contribution in [-0.2, 0) is 0 Å². The van der Waals surface area contributed by atoms with E-state index in [1.165, 1.54) is 0 Å². The molecular weight excluding hydrogens is 190 g/mol. The summed E-state index contributed by atoms with van der Waals surface area (Å²) in [5.74, 6) is 0.930. The second kappa shape index (κ2) is 3.57. The van der Waals surface area contributed by atoms with Crippen LogP contribution in [0.25, 0.3) is 17.0 Å². The number of rotatable bonds is 2. The van der Waals surface area contributed by atoms with E-state index in [0.29, 0.717) is 17.4 Å². The van der Waals surface area contributed by atoms with Gasteiger partial charge in [0.25, 0.3) is 5.89 Å². The summed E-state index contributed by atoms with van der Waals surface area (Å²) in [4.78, 5) is 4.18. The molecule has 4 nitrogen and oxygen atoms in total. The third-order valence-corrected chi connectivity index (χ3v) is 1.99. The number of hydrogen-bond acceptors (Lipinski definition) is 4. The summed E-state index contributed by atoms with van der Waals surface area (Å²) in [6.45, 7) is 5.54. The minimum atomic E-state index is 0.438. The van der Waals surface area contributed by atoms with E-state index >= 15 is 0 Å². The summed E-state index contributed by atoms with van der Waals surface area (Å²) in [7, 11) is 0. The first-order valence-corrected chi connectivity index (χ1v) is 4.53. The van der Waals surface area contributed by atoms with Crippen molar-refractivity contribution in [1.29, 1.82) is 0 Å². The van der Waals surface area contributed by atoms with E-state index in [9.17, 15) is 0 Å². The van der Waals surface area contributed by atoms with Crippen molar-refractivity contribution >= 4 is 11.3 Å². The lowest BCUT2D eigenvalue weighted by molar-refractivity contribution is 0.408. The second-order valence-electron chi connectivity index (χ2n) is 3.29. The van der Waals surface area contributed by atoms with Crippen LogP contribution in [-0.4, -0.2) is 10.1 Å². The van der Waals surface area contributed by atoms with E-state index in [-0.39, 0.29) is 0 Å². The molecule has 0 saturated carbocycles. The number of benzene rings is 1. The second-order valence-corrected chi connectivity index (χ2v) is 3.29. The molecule has 0 spiro atoms. The number of nitrogen functional groups attached to an aromatic ring is 1. The lowest BCUT2D eigenvalue weighted by atomic mass is 10.2. The van der Waals surface area contributed by atoms with Gasteiger partial charge in [0.1, 0.15) is 0 Å². The van der Waals surface area contributed by atoms with Gasteiger partial charge in [-0.1, -0.05) is 23.9 Å². The van der Waals surface area contributed by atoms with E-state index in [1.54, 1.807) is 6.07 Å². The Kier molecular flexibility index (Phi) is 2.25. The molecule has 0 saturated heterocycles. The fourth-order valence-electron chi connectivity index (χ4n) is 1.21.